The molecular formula is C12H13N5. The van der Waals surface area contributed by atoms with Gasteiger partial charge in [-0.15, -0.1) is 5.10 Å². The fourth-order valence-corrected chi connectivity index (χ4v) is 1.49. The topological polar surface area (TPSA) is 66.5 Å². The predicted molar refractivity (Wildman–Crippen MR) is 64.3 cm³/mol. The van der Waals surface area contributed by atoms with Crippen LogP contribution in [-0.4, -0.2) is 21.5 Å². The van der Waals surface area contributed by atoms with Crippen molar-refractivity contribution in [1.29, 1.82) is 5.26 Å². The van der Waals surface area contributed by atoms with E-state index in [0.717, 1.165) is 25.2 Å². The van der Waals surface area contributed by atoms with Gasteiger partial charge in [-0.25, -0.2) is 0 Å². The Kier molecular flexibility index (Phi) is 3.71. The molecule has 0 aliphatic rings. The maximum atomic E-state index is 8.66. The highest BCUT2D eigenvalue weighted by Crippen LogP contribution is 2.08. The standard InChI is InChI=1S/C12H13N5/c13-10-11-2-4-12(5-3-11)14-6-1-8-17-9-7-15-16-17/h2-5,7,9,14H,1,6,8H2. The first-order valence-corrected chi connectivity index (χ1v) is 5.46. The molecule has 0 aliphatic carbocycles. The predicted octanol–water partition coefficient (Wildman–Crippen LogP) is 1.65. The van der Waals surface area contributed by atoms with Gasteiger partial charge in [-0.05, 0) is 30.7 Å². The Morgan fingerprint density at radius 2 is 2.12 bits per heavy atom. The Labute approximate surface area is 99.7 Å². The van der Waals surface area contributed by atoms with Crippen LogP contribution in [0.3, 0.4) is 0 Å². The lowest BCUT2D eigenvalue weighted by molar-refractivity contribution is 0.570. The monoisotopic (exact) mass is 227 g/mol. The summed E-state index contributed by atoms with van der Waals surface area (Å²) in [6.45, 7) is 1.72. The Hall–Kier alpha value is -2.35. The molecule has 0 spiro atoms. The van der Waals surface area contributed by atoms with Crippen LogP contribution in [0.25, 0.3) is 0 Å². The molecule has 0 saturated heterocycles. The van der Waals surface area contributed by atoms with E-state index in [1.807, 2.05) is 18.3 Å². The highest BCUT2D eigenvalue weighted by Gasteiger charge is 1.94. The summed E-state index contributed by atoms with van der Waals surface area (Å²) in [6.07, 6.45) is 4.50. The summed E-state index contributed by atoms with van der Waals surface area (Å²) in [5.74, 6) is 0. The molecule has 5 heteroatoms. The van der Waals surface area contributed by atoms with Crippen LogP contribution >= 0.6 is 0 Å². The maximum Gasteiger partial charge on any atom is 0.0991 e. The fraction of sp³-hybridized carbons (Fsp3) is 0.250. The van der Waals surface area contributed by atoms with Gasteiger partial charge in [0.25, 0.3) is 0 Å². The summed E-state index contributed by atoms with van der Waals surface area (Å²) >= 11 is 0. The number of hydrogen-bond donors (Lipinski definition) is 1. The van der Waals surface area contributed by atoms with Gasteiger partial charge in [0.05, 0.1) is 17.8 Å². The highest BCUT2D eigenvalue weighted by molar-refractivity contribution is 5.46. The van der Waals surface area contributed by atoms with Crippen LogP contribution in [0.2, 0.25) is 0 Å². The number of benzene rings is 1. The third-order valence-electron chi connectivity index (χ3n) is 2.38. The summed E-state index contributed by atoms with van der Waals surface area (Å²) in [5, 5.41) is 19.6. The van der Waals surface area contributed by atoms with Crippen LogP contribution in [0.15, 0.2) is 36.7 Å². The molecule has 0 fully saturated rings. The van der Waals surface area contributed by atoms with Gasteiger partial charge in [-0.3, -0.25) is 4.68 Å². The first kappa shape index (κ1) is 11.1. The second kappa shape index (κ2) is 5.66. The van der Waals surface area contributed by atoms with Gasteiger partial charge in [-0.2, -0.15) is 5.26 Å². The number of aromatic nitrogens is 3. The largest absolute Gasteiger partial charge is 0.385 e. The van der Waals surface area contributed by atoms with Crippen molar-refractivity contribution in [2.45, 2.75) is 13.0 Å². The molecule has 0 amide bonds. The molecule has 0 radical (unpaired) electrons. The fourth-order valence-electron chi connectivity index (χ4n) is 1.49. The Morgan fingerprint density at radius 1 is 1.29 bits per heavy atom. The zero-order chi connectivity index (χ0) is 11.9. The second-order valence-corrected chi connectivity index (χ2v) is 3.64. The quantitative estimate of drug-likeness (QED) is 0.789. The molecule has 86 valence electrons. The summed E-state index contributed by atoms with van der Waals surface area (Å²) in [5.41, 5.74) is 1.71. The van der Waals surface area contributed by atoms with Gasteiger partial charge in [-0.1, -0.05) is 5.21 Å². The van der Waals surface area contributed by atoms with E-state index in [2.05, 4.69) is 21.7 Å². The van der Waals surface area contributed by atoms with E-state index in [1.54, 1.807) is 23.0 Å². The van der Waals surface area contributed by atoms with E-state index in [1.165, 1.54) is 0 Å². The average Bonchev–Trinajstić information content (AvgIpc) is 2.88. The van der Waals surface area contributed by atoms with Crippen molar-refractivity contribution in [3.8, 4) is 6.07 Å². The van der Waals surface area contributed by atoms with Gasteiger partial charge >= 0.3 is 0 Å². The minimum absolute atomic E-state index is 0.679. The number of hydrogen-bond acceptors (Lipinski definition) is 4. The van der Waals surface area contributed by atoms with E-state index in [-0.39, 0.29) is 0 Å². The maximum absolute atomic E-state index is 8.66. The molecule has 1 heterocycles. The van der Waals surface area contributed by atoms with Crippen molar-refractivity contribution in [3.63, 3.8) is 0 Å². The Bertz CT molecular complexity index is 481. The van der Waals surface area contributed by atoms with Crippen LogP contribution in [0.1, 0.15) is 12.0 Å². The summed E-state index contributed by atoms with van der Waals surface area (Å²) in [4.78, 5) is 0. The van der Waals surface area contributed by atoms with Crippen molar-refractivity contribution in [2.75, 3.05) is 11.9 Å². The van der Waals surface area contributed by atoms with Crippen molar-refractivity contribution in [1.82, 2.24) is 15.0 Å². The molecule has 17 heavy (non-hydrogen) atoms. The van der Waals surface area contributed by atoms with E-state index in [0.29, 0.717) is 5.56 Å². The van der Waals surface area contributed by atoms with E-state index in [9.17, 15) is 0 Å². The molecule has 1 aromatic heterocycles. The lowest BCUT2D eigenvalue weighted by Gasteiger charge is -2.05. The number of anilines is 1. The zero-order valence-corrected chi connectivity index (χ0v) is 9.37. The summed E-state index contributed by atoms with van der Waals surface area (Å²) in [6, 6.07) is 9.53. The molecular weight excluding hydrogens is 214 g/mol. The van der Waals surface area contributed by atoms with Crippen LogP contribution in [0.5, 0.6) is 0 Å². The third-order valence-corrected chi connectivity index (χ3v) is 2.38. The van der Waals surface area contributed by atoms with Crippen molar-refractivity contribution < 1.29 is 0 Å². The molecule has 0 atom stereocenters. The Balaban J connectivity index is 1.73. The SMILES string of the molecule is N#Cc1ccc(NCCCn2ccnn2)cc1. The van der Waals surface area contributed by atoms with Gasteiger partial charge in [0.1, 0.15) is 0 Å². The lowest BCUT2D eigenvalue weighted by Crippen LogP contribution is -2.07. The number of aryl methyl sites for hydroxylation is 1. The van der Waals surface area contributed by atoms with Crippen LogP contribution < -0.4 is 5.32 Å². The smallest absolute Gasteiger partial charge is 0.0991 e. The molecule has 0 saturated carbocycles. The summed E-state index contributed by atoms with van der Waals surface area (Å²) in [7, 11) is 0. The minimum Gasteiger partial charge on any atom is -0.385 e. The van der Waals surface area contributed by atoms with Crippen LogP contribution in [0.4, 0.5) is 5.69 Å². The number of nitrogens with zero attached hydrogens (tertiary/aromatic N) is 4. The Morgan fingerprint density at radius 3 is 2.76 bits per heavy atom. The van der Waals surface area contributed by atoms with E-state index in [4.69, 9.17) is 5.26 Å². The minimum atomic E-state index is 0.679. The molecule has 0 aliphatic heterocycles. The van der Waals surface area contributed by atoms with E-state index < -0.39 is 0 Å². The first-order chi connectivity index (χ1) is 8.38. The van der Waals surface area contributed by atoms with Gasteiger partial charge in [0.2, 0.25) is 0 Å². The third kappa shape index (κ3) is 3.31. The van der Waals surface area contributed by atoms with Crippen molar-refractivity contribution in [3.05, 3.63) is 42.2 Å². The van der Waals surface area contributed by atoms with Gasteiger partial charge in [0.15, 0.2) is 0 Å². The van der Waals surface area contributed by atoms with Crippen molar-refractivity contribution in [2.24, 2.45) is 0 Å². The van der Waals surface area contributed by atoms with Gasteiger partial charge in [0, 0.05) is 25.0 Å². The first-order valence-electron chi connectivity index (χ1n) is 5.46. The van der Waals surface area contributed by atoms with Gasteiger partial charge < -0.3 is 5.32 Å². The molecule has 1 N–H and O–H groups in total. The number of nitrogens with one attached hydrogen (secondary N) is 1. The molecule has 0 unspecified atom stereocenters. The second-order valence-electron chi connectivity index (χ2n) is 3.64. The summed E-state index contributed by atoms with van der Waals surface area (Å²) < 4.78 is 1.81. The molecule has 2 rings (SSSR count). The molecule has 2 aromatic rings. The highest BCUT2D eigenvalue weighted by atomic mass is 15.4. The van der Waals surface area contributed by atoms with Crippen molar-refractivity contribution >= 4 is 5.69 Å². The van der Waals surface area contributed by atoms with Crippen LogP contribution in [-0.2, 0) is 6.54 Å². The molecule has 1 aromatic carbocycles. The number of rotatable bonds is 5. The zero-order valence-electron chi connectivity index (χ0n) is 9.37. The number of nitriles is 1. The molecule has 0 bridgehead atoms. The lowest BCUT2D eigenvalue weighted by atomic mass is 10.2. The molecule has 5 nitrogen and oxygen atoms in total. The average molecular weight is 227 g/mol. The normalized spacial score (nSPS) is 9.82. The van der Waals surface area contributed by atoms with Crippen LogP contribution in [0, 0.1) is 11.3 Å². The van der Waals surface area contributed by atoms with E-state index >= 15 is 0 Å².